The van der Waals surface area contributed by atoms with E-state index in [9.17, 15) is 17.6 Å². The number of nitrogens with zero attached hydrogens (tertiary/aromatic N) is 1. The third-order valence-corrected chi connectivity index (χ3v) is 6.80. The number of halogens is 2. The van der Waals surface area contributed by atoms with Crippen LogP contribution in [0.4, 0.5) is 10.1 Å². The van der Waals surface area contributed by atoms with Crippen molar-refractivity contribution in [1.82, 2.24) is 4.31 Å². The minimum Gasteiger partial charge on any atom is -0.326 e. The van der Waals surface area contributed by atoms with E-state index in [4.69, 9.17) is 11.6 Å². The fraction of sp³-hybridized carbons (Fsp3) is 0.316. The van der Waals surface area contributed by atoms with E-state index in [2.05, 4.69) is 5.32 Å². The molecule has 1 N–H and O–H groups in total. The molecule has 0 radical (unpaired) electrons. The number of sulfonamides is 1. The van der Waals surface area contributed by atoms with Crippen LogP contribution in [0.3, 0.4) is 0 Å². The van der Waals surface area contributed by atoms with E-state index < -0.39 is 15.8 Å². The molecule has 144 valence electrons. The quantitative estimate of drug-likeness (QED) is 0.818. The van der Waals surface area contributed by atoms with Crippen LogP contribution in [0.2, 0.25) is 5.02 Å². The number of carbonyl (C=O) groups is 1. The van der Waals surface area contributed by atoms with Crippen LogP contribution < -0.4 is 5.32 Å². The van der Waals surface area contributed by atoms with Gasteiger partial charge < -0.3 is 5.32 Å². The van der Waals surface area contributed by atoms with Crippen LogP contribution in [0.5, 0.6) is 0 Å². The number of anilines is 1. The maximum absolute atomic E-state index is 13.2. The number of hydrogen-bond donors (Lipinski definition) is 1. The highest BCUT2D eigenvalue weighted by Crippen LogP contribution is 2.25. The summed E-state index contributed by atoms with van der Waals surface area (Å²) in [5.41, 5.74) is 0.957. The highest BCUT2D eigenvalue weighted by atomic mass is 35.5. The van der Waals surface area contributed by atoms with Crippen molar-refractivity contribution in [3.05, 3.63) is 64.9 Å². The standard InChI is InChI=1S/C19H20ClFN2O3S/c20-18-7-2-1-4-15(18)13-27(25,26)23-10-8-14(9-11-23)19(24)22-17-6-3-5-16(21)12-17/h1-7,12,14H,8-11,13H2,(H,22,24). The van der Waals surface area contributed by atoms with Gasteiger partial charge in [-0.1, -0.05) is 35.9 Å². The summed E-state index contributed by atoms with van der Waals surface area (Å²) < 4.78 is 39.9. The molecule has 1 aliphatic rings. The van der Waals surface area contributed by atoms with Gasteiger partial charge >= 0.3 is 0 Å². The van der Waals surface area contributed by atoms with Gasteiger partial charge in [0.25, 0.3) is 0 Å². The maximum Gasteiger partial charge on any atom is 0.227 e. The average Bonchev–Trinajstić information content (AvgIpc) is 2.64. The Morgan fingerprint density at radius 3 is 2.52 bits per heavy atom. The maximum atomic E-state index is 13.2. The van der Waals surface area contributed by atoms with E-state index in [1.807, 2.05) is 0 Å². The number of benzene rings is 2. The van der Waals surface area contributed by atoms with Gasteiger partial charge in [-0.15, -0.1) is 0 Å². The third kappa shape index (κ3) is 5.06. The third-order valence-electron chi connectivity index (χ3n) is 4.61. The molecule has 8 heteroatoms. The lowest BCUT2D eigenvalue weighted by Gasteiger charge is -2.30. The van der Waals surface area contributed by atoms with Crippen LogP contribution >= 0.6 is 11.6 Å². The highest BCUT2D eigenvalue weighted by Gasteiger charge is 2.31. The van der Waals surface area contributed by atoms with Crippen molar-refractivity contribution < 1.29 is 17.6 Å². The smallest absolute Gasteiger partial charge is 0.227 e. The lowest BCUT2D eigenvalue weighted by Crippen LogP contribution is -2.41. The molecule has 27 heavy (non-hydrogen) atoms. The number of rotatable bonds is 5. The molecule has 1 saturated heterocycles. The molecule has 1 heterocycles. The number of piperidine rings is 1. The van der Waals surface area contributed by atoms with Gasteiger partial charge in [-0.25, -0.2) is 17.1 Å². The predicted molar refractivity (Wildman–Crippen MR) is 103 cm³/mol. The average molecular weight is 411 g/mol. The van der Waals surface area contributed by atoms with Crippen molar-refractivity contribution in [2.75, 3.05) is 18.4 Å². The molecular weight excluding hydrogens is 391 g/mol. The van der Waals surface area contributed by atoms with Gasteiger partial charge in [-0.2, -0.15) is 0 Å². The Morgan fingerprint density at radius 1 is 1.15 bits per heavy atom. The van der Waals surface area contributed by atoms with Gasteiger partial charge in [-0.05, 0) is 42.7 Å². The molecular formula is C19H20ClFN2O3S. The van der Waals surface area contributed by atoms with Crippen molar-refractivity contribution >= 4 is 33.2 Å². The monoisotopic (exact) mass is 410 g/mol. The Balaban J connectivity index is 1.58. The van der Waals surface area contributed by atoms with E-state index in [1.54, 1.807) is 30.3 Å². The van der Waals surface area contributed by atoms with Crippen LogP contribution in [0.15, 0.2) is 48.5 Å². The molecule has 0 aliphatic carbocycles. The summed E-state index contributed by atoms with van der Waals surface area (Å²) in [4.78, 5) is 12.4. The predicted octanol–water partition coefficient (Wildman–Crippen LogP) is 3.66. The molecule has 0 bridgehead atoms. The molecule has 2 aromatic rings. The van der Waals surface area contributed by atoms with E-state index in [1.165, 1.54) is 22.5 Å². The second-order valence-electron chi connectivity index (χ2n) is 6.52. The molecule has 0 unspecified atom stereocenters. The molecule has 5 nitrogen and oxygen atoms in total. The van der Waals surface area contributed by atoms with E-state index in [0.29, 0.717) is 29.1 Å². The van der Waals surface area contributed by atoms with Gasteiger partial charge in [-0.3, -0.25) is 4.79 Å². The van der Waals surface area contributed by atoms with Gasteiger partial charge in [0.1, 0.15) is 5.82 Å². The van der Waals surface area contributed by atoms with Crippen molar-refractivity contribution in [2.45, 2.75) is 18.6 Å². The first-order valence-electron chi connectivity index (χ1n) is 8.63. The SMILES string of the molecule is O=C(Nc1cccc(F)c1)C1CCN(S(=O)(=O)Cc2ccccc2Cl)CC1. The minimum absolute atomic E-state index is 0.160. The Labute approximate surface area is 163 Å². The van der Waals surface area contributed by atoms with Gasteiger partial charge in [0.2, 0.25) is 15.9 Å². The number of hydrogen-bond acceptors (Lipinski definition) is 3. The first kappa shape index (κ1) is 19.8. The molecule has 0 saturated carbocycles. The second kappa shape index (κ2) is 8.37. The van der Waals surface area contributed by atoms with Crippen molar-refractivity contribution in [3.8, 4) is 0 Å². The topological polar surface area (TPSA) is 66.5 Å². The lowest BCUT2D eigenvalue weighted by atomic mass is 9.97. The zero-order chi connectivity index (χ0) is 19.4. The van der Waals surface area contributed by atoms with Crippen LogP contribution in [-0.4, -0.2) is 31.7 Å². The van der Waals surface area contributed by atoms with Crippen molar-refractivity contribution in [2.24, 2.45) is 5.92 Å². The largest absolute Gasteiger partial charge is 0.326 e. The zero-order valence-corrected chi connectivity index (χ0v) is 16.1. The van der Waals surface area contributed by atoms with E-state index in [0.717, 1.165) is 0 Å². The second-order valence-corrected chi connectivity index (χ2v) is 8.90. The molecule has 3 rings (SSSR count). The van der Waals surface area contributed by atoms with Gasteiger partial charge in [0, 0.05) is 29.7 Å². The molecule has 0 atom stereocenters. The fourth-order valence-corrected chi connectivity index (χ4v) is 4.99. The zero-order valence-electron chi connectivity index (χ0n) is 14.6. The highest BCUT2D eigenvalue weighted by molar-refractivity contribution is 7.88. The molecule has 1 amide bonds. The summed E-state index contributed by atoms with van der Waals surface area (Å²) in [5, 5.41) is 3.11. The summed E-state index contributed by atoms with van der Waals surface area (Å²) in [6, 6.07) is 12.5. The van der Waals surface area contributed by atoms with Crippen molar-refractivity contribution in [3.63, 3.8) is 0 Å². The molecule has 0 aromatic heterocycles. The summed E-state index contributed by atoms with van der Waals surface area (Å²) in [6.45, 7) is 0.544. The summed E-state index contributed by atoms with van der Waals surface area (Å²) in [5.74, 6) is -1.11. The van der Waals surface area contributed by atoms with E-state index >= 15 is 0 Å². The summed E-state index contributed by atoms with van der Waals surface area (Å²) in [6.07, 6.45) is 0.839. The van der Waals surface area contributed by atoms with Crippen molar-refractivity contribution in [1.29, 1.82) is 0 Å². The van der Waals surface area contributed by atoms with Crippen LogP contribution in [0, 0.1) is 11.7 Å². The lowest BCUT2D eigenvalue weighted by molar-refractivity contribution is -0.120. The fourth-order valence-electron chi connectivity index (χ4n) is 3.11. The summed E-state index contributed by atoms with van der Waals surface area (Å²) in [7, 11) is -3.50. The number of amides is 1. The molecule has 1 aliphatic heterocycles. The molecule has 0 spiro atoms. The van der Waals surface area contributed by atoms with Crippen LogP contribution in [-0.2, 0) is 20.6 Å². The first-order chi connectivity index (χ1) is 12.8. The molecule has 1 fully saturated rings. The Kier molecular flexibility index (Phi) is 6.14. The van der Waals surface area contributed by atoms with Gasteiger partial charge in [0.05, 0.1) is 5.75 Å². The van der Waals surface area contributed by atoms with Crippen LogP contribution in [0.25, 0.3) is 0 Å². The Morgan fingerprint density at radius 2 is 1.85 bits per heavy atom. The Hall–Kier alpha value is -1.96. The number of carbonyl (C=O) groups excluding carboxylic acids is 1. The normalized spacial score (nSPS) is 16.2. The minimum atomic E-state index is -3.50. The van der Waals surface area contributed by atoms with E-state index in [-0.39, 0.29) is 30.7 Å². The number of nitrogens with one attached hydrogen (secondary N) is 1. The Bertz CT molecular complexity index is 928. The van der Waals surface area contributed by atoms with Crippen LogP contribution in [0.1, 0.15) is 18.4 Å². The summed E-state index contributed by atoms with van der Waals surface area (Å²) >= 11 is 6.06. The molecule has 2 aromatic carbocycles. The first-order valence-corrected chi connectivity index (χ1v) is 10.6. The van der Waals surface area contributed by atoms with Gasteiger partial charge in [0.15, 0.2) is 0 Å².